The molecule has 1 atom stereocenters. The van der Waals surface area contributed by atoms with Gasteiger partial charge in [0.05, 0.1) is 0 Å². The maximum absolute atomic E-state index is 4.31. The average Bonchev–Trinajstić information content (AvgIpc) is 2.56. The number of hydrogen-bond donors (Lipinski definition) is 1. The Hall–Kier alpha value is -1.94. The lowest BCUT2D eigenvalue weighted by Crippen LogP contribution is -2.33. The van der Waals surface area contributed by atoms with Crippen LogP contribution in [-0.4, -0.2) is 35.0 Å². The van der Waals surface area contributed by atoms with Gasteiger partial charge in [0, 0.05) is 38.7 Å². The van der Waals surface area contributed by atoms with Crippen LogP contribution in [0.15, 0.2) is 42.9 Å². The van der Waals surface area contributed by atoms with Crippen LogP contribution >= 0.6 is 0 Å². The van der Waals surface area contributed by atoms with E-state index in [1.54, 1.807) is 0 Å². The molecular formula is C17H22N4. The Labute approximate surface area is 126 Å². The van der Waals surface area contributed by atoms with Crippen LogP contribution < -0.4 is 5.32 Å². The molecule has 0 aliphatic carbocycles. The van der Waals surface area contributed by atoms with Crippen LogP contribution in [-0.2, 0) is 6.54 Å². The van der Waals surface area contributed by atoms with E-state index in [-0.39, 0.29) is 0 Å². The molecule has 0 bridgehead atoms. The lowest BCUT2D eigenvalue weighted by molar-refractivity contribution is 0.200. The molecule has 1 fully saturated rings. The van der Waals surface area contributed by atoms with Crippen LogP contribution in [0.25, 0.3) is 0 Å². The number of nitrogens with zero attached hydrogens (tertiary/aromatic N) is 3. The fourth-order valence-corrected chi connectivity index (χ4v) is 3.06. The second-order valence-electron chi connectivity index (χ2n) is 5.66. The van der Waals surface area contributed by atoms with Crippen molar-refractivity contribution in [3.63, 3.8) is 0 Å². The molecule has 0 radical (unpaired) electrons. The summed E-state index contributed by atoms with van der Waals surface area (Å²) in [5.41, 5.74) is 2.69. The van der Waals surface area contributed by atoms with Crippen LogP contribution in [0.3, 0.4) is 0 Å². The van der Waals surface area contributed by atoms with Crippen molar-refractivity contribution in [3.05, 3.63) is 54.0 Å². The van der Waals surface area contributed by atoms with E-state index in [2.05, 4.69) is 38.4 Å². The number of anilines is 1. The van der Waals surface area contributed by atoms with Gasteiger partial charge in [0.15, 0.2) is 0 Å². The predicted molar refractivity (Wildman–Crippen MR) is 85.3 cm³/mol. The van der Waals surface area contributed by atoms with Gasteiger partial charge in [-0.25, -0.2) is 4.98 Å². The van der Waals surface area contributed by atoms with E-state index in [0.29, 0.717) is 5.92 Å². The van der Waals surface area contributed by atoms with Crippen LogP contribution in [0.1, 0.15) is 29.9 Å². The smallest absolute Gasteiger partial charge is 0.125 e. The molecule has 2 aromatic heterocycles. The predicted octanol–water partition coefficient (Wildman–Crippen LogP) is 2.90. The molecule has 4 heteroatoms. The van der Waals surface area contributed by atoms with E-state index in [9.17, 15) is 0 Å². The zero-order valence-corrected chi connectivity index (χ0v) is 12.5. The van der Waals surface area contributed by atoms with Crippen molar-refractivity contribution in [1.82, 2.24) is 14.9 Å². The van der Waals surface area contributed by atoms with E-state index < -0.39 is 0 Å². The second-order valence-corrected chi connectivity index (χ2v) is 5.66. The topological polar surface area (TPSA) is 41.0 Å². The Kier molecular flexibility index (Phi) is 4.46. The minimum absolute atomic E-state index is 0.602. The number of hydrogen-bond acceptors (Lipinski definition) is 4. The van der Waals surface area contributed by atoms with E-state index in [0.717, 1.165) is 18.9 Å². The number of nitrogens with one attached hydrogen (secondary N) is 1. The first-order chi connectivity index (χ1) is 10.3. The molecule has 1 aliphatic heterocycles. The third-order valence-corrected chi connectivity index (χ3v) is 4.15. The van der Waals surface area contributed by atoms with Crippen molar-refractivity contribution in [2.75, 3.05) is 25.5 Å². The second kappa shape index (κ2) is 6.68. The zero-order valence-electron chi connectivity index (χ0n) is 12.5. The Morgan fingerprint density at radius 2 is 2.29 bits per heavy atom. The monoisotopic (exact) mass is 282 g/mol. The van der Waals surface area contributed by atoms with Crippen LogP contribution in [0.4, 0.5) is 5.82 Å². The molecule has 21 heavy (non-hydrogen) atoms. The number of pyridine rings is 2. The van der Waals surface area contributed by atoms with Crippen LogP contribution in [0.2, 0.25) is 0 Å². The third kappa shape index (κ3) is 3.58. The SMILES string of the molecule is CNc1cc([C@@H]2CCCN(Cc3cccnc3)C2)ccn1. The molecule has 1 N–H and O–H groups in total. The van der Waals surface area contributed by atoms with Gasteiger partial charge < -0.3 is 5.32 Å². The van der Waals surface area contributed by atoms with Crippen molar-refractivity contribution in [2.24, 2.45) is 0 Å². The standard InChI is InChI=1S/C17H22N4/c1-18-17-10-15(6-8-20-17)16-5-3-9-21(13-16)12-14-4-2-7-19-11-14/h2,4,6-8,10-11,16H,3,5,9,12-13H2,1H3,(H,18,20)/t16-/m1/s1. The summed E-state index contributed by atoms with van der Waals surface area (Å²) in [5.74, 6) is 1.56. The fourth-order valence-electron chi connectivity index (χ4n) is 3.06. The Bertz CT molecular complexity index is 570. The van der Waals surface area contributed by atoms with Gasteiger partial charge in [-0.3, -0.25) is 9.88 Å². The molecular weight excluding hydrogens is 260 g/mol. The Morgan fingerprint density at radius 3 is 3.10 bits per heavy atom. The molecule has 0 saturated carbocycles. The highest BCUT2D eigenvalue weighted by Gasteiger charge is 2.21. The first-order valence-corrected chi connectivity index (χ1v) is 7.60. The van der Waals surface area contributed by atoms with E-state index in [4.69, 9.17) is 0 Å². The summed E-state index contributed by atoms with van der Waals surface area (Å²) < 4.78 is 0. The number of aromatic nitrogens is 2. The maximum atomic E-state index is 4.31. The molecule has 3 rings (SSSR count). The summed E-state index contributed by atoms with van der Waals surface area (Å²) in [5, 5.41) is 3.12. The minimum Gasteiger partial charge on any atom is -0.373 e. The highest BCUT2D eigenvalue weighted by Crippen LogP contribution is 2.28. The summed E-state index contributed by atoms with van der Waals surface area (Å²) in [6.45, 7) is 3.28. The van der Waals surface area contributed by atoms with Gasteiger partial charge in [-0.2, -0.15) is 0 Å². The van der Waals surface area contributed by atoms with Gasteiger partial charge in [0.25, 0.3) is 0 Å². The third-order valence-electron chi connectivity index (χ3n) is 4.15. The van der Waals surface area contributed by atoms with E-state index in [1.807, 2.05) is 31.7 Å². The molecule has 110 valence electrons. The highest BCUT2D eigenvalue weighted by molar-refractivity contribution is 5.38. The van der Waals surface area contributed by atoms with Gasteiger partial charge in [-0.05, 0) is 54.6 Å². The quantitative estimate of drug-likeness (QED) is 0.936. The fraction of sp³-hybridized carbons (Fsp3) is 0.412. The largest absolute Gasteiger partial charge is 0.373 e. The number of likely N-dealkylation sites (tertiary alicyclic amines) is 1. The lowest BCUT2D eigenvalue weighted by Gasteiger charge is -2.33. The molecule has 0 amide bonds. The highest BCUT2D eigenvalue weighted by atomic mass is 15.1. The van der Waals surface area contributed by atoms with Crippen molar-refractivity contribution in [1.29, 1.82) is 0 Å². The lowest BCUT2D eigenvalue weighted by atomic mass is 9.91. The van der Waals surface area contributed by atoms with Crippen molar-refractivity contribution in [3.8, 4) is 0 Å². The van der Waals surface area contributed by atoms with Gasteiger partial charge in [-0.1, -0.05) is 6.07 Å². The van der Waals surface area contributed by atoms with Gasteiger partial charge in [0.1, 0.15) is 5.82 Å². The number of rotatable bonds is 4. The first kappa shape index (κ1) is 14.0. The van der Waals surface area contributed by atoms with E-state index >= 15 is 0 Å². The van der Waals surface area contributed by atoms with Crippen LogP contribution in [0.5, 0.6) is 0 Å². The van der Waals surface area contributed by atoms with Gasteiger partial charge >= 0.3 is 0 Å². The van der Waals surface area contributed by atoms with Crippen molar-refractivity contribution in [2.45, 2.75) is 25.3 Å². The van der Waals surface area contributed by atoms with Gasteiger partial charge in [0.2, 0.25) is 0 Å². The molecule has 1 aliphatic rings. The van der Waals surface area contributed by atoms with Crippen molar-refractivity contribution >= 4 is 5.82 Å². The Balaban J connectivity index is 1.67. The van der Waals surface area contributed by atoms with Crippen LogP contribution in [0, 0.1) is 0 Å². The summed E-state index contributed by atoms with van der Waals surface area (Å²) >= 11 is 0. The van der Waals surface area contributed by atoms with Crippen molar-refractivity contribution < 1.29 is 0 Å². The molecule has 0 aromatic carbocycles. The molecule has 0 unspecified atom stereocenters. The normalized spacial score (nSPS) is 19.4. The summed E-state index contributed by atoms with van der Waals surface area (Å²) in [4.78, 5) is 11.0. The minimum atomic E-state index is 0.602. The first-order valence-electron chi connectivity index (χ1n) is 7.60. The molecule has 2 aromatic rings. The van der Waals surface area contributed by atoms with E-state index in [1.165, 1.54) is 30.5 Å². The summed E-state index contributed by atoms with van der Waals surface area (Å²) in [6, 6.07) is 8.50. The molecule has 3 heterocycles. The van der Waals surface area contributed by atoms with Gasteiger partial charge in [-0.15, -0.1) is 0 Å². The molecule has 0 spiro atoms. The molecule has 1 saturated heterocycles. The summed E-state index contributed by atoms with van der Waals surface area (Å²) in [6.07, 6.45) is 8.22. The number of piperidine rings is 1. The molecule has 4 nitrogen and oxygen atoms in total. The zero-order chi connectivity index (χ0) is 14.5. The Morgan fingerprint density at radius 1 is 1.33 bits per heavy atom. The maximum Gasteiger partial charge on any atom is 0.125 e. The average molecular weight is 282 g/mol. The summed E-state index contributed by atoms with van der Waals surface area (Å²) in [7, 11) is 1.92.